The lowest BCUT2D eigenvalue weighted by Gasteiger charge is -2.14. The zero-order valence-electron chi connectivity index (χ0n) is 16.1. The summed E-state index contributed by atoms with van der Waals surface area (Å²) in [5, 5.41) is 36.8. The van der Waals surface area contributed by atoms with Crippen molar-refractivity contribution in [3.63, 3.8) is 0 Å². The van der Waals surface area contributed by atoms with Crippen molar-refractivity contribution in [3.8, 4) is 0 Å². The summed E-state index contributed by atoms with van der Waals surface area (Å²) in [5.74, 6) is -0.345. The third-order valence-electron chi connectivity index (χ3n) is 4.59. The van der Waals surface area contributed by atoms with E-state index in [1.54, 1.807) is 38.1 Å². The first-order valence-electron chi connectivity index (χ1n) is 9.10. The maximum Gasteiger partial charge on any atom is 0.352 e. The van der Waals surface area contributed by atoms with Crippen LogP contribution in [-0.4, -0.2) is 27.6 Å². The highest BCUT2D eigenvalue weighted by Crippen LogP contribution is 2.23. The Kier molecular flexibility index (Phi) is 5.00. The van der Waals surface area contributed by atoms with E-state index in [-0.39, 0.29) is 35.7 Å². The monoisotopic (exact) mass is 428 g/mol. The van der Waals surface area contributed by atoms with E-state index >= 15 is 0 Å². The minimum absolute atomic E-state index is 0.0571. The molecule has 4 aromatic rings. The molecule has 2 aromatic heterocycles. The van der Waals surface area contributed by atoms with Crippen LogP contribution >= 0.6 is 11.6 Å². The van der Waals surface area contributed by atoms with E-state index < -0.39 is 5.97 Å². The van der Waals surface area contributed by atoms with Gasteiger partial charge in [0.25, 0.3) is 11.2 Å². The summed E-state index contributed by atoms with van der Waals surface area (Å²) in [5.41, 5.74) is 2.23. The van der Waals surface area contributed by atoms with Crippen LogP contribution in [0.1, 0.15) is 12.6 Å². The van der Waals surface area contributed by atoms with Crippen molar-refractivity contribution < 1.29 is 19.0 Å². The first-order valence-corrected chi connectivity index (χ1v) is 9.47. The molecule has 0 aliphatic rings. The molecule has 0 spiro atoms. The number of hydrogen-bond donors (Lipinski definition) is 1. The highest BCUT2D eigenvalue weighted by Gasteiger charge is 2.24. The summed E-state index contributed by atoms with van der Waals surface area (Å²) in [6.07, 6.45) is 0. The highest BCUT2D eigenvalue weighted by molar-refractivity contribution is 6.31. The topological polar surface area (TPSA) is 123 Å². The van der Waals surface area contributed by atoms with E-state index in [0.717, 1.165) is 0 Å². The molecule has 30 heavy (non-hydrogen) atoms. The van der Waals surface area contributed by atoms with Gasteiger partial charge in [0.2, 0.25) is 5.52 Å². The Labute approximate surface area is 175 Å². The lowest BCUT2D eigenvalue weighted by molar-refractivity contribution is -0.623. The van der Waals surface area contributed by atoms with Crippen LogP contribution in [0.25, 0.3) is 22.1 Å². The molecule has 0 bridgehead atoms. The number of carbonyl (C=O) groups is 1. The van der Waals surface area contributed by atoms with Crippen LogP contribution in [0.15, 0.2) is 36.4 Å². The third-order valence-corrected chi connectivity index (χ3v) is 4.82. The van der Waals surface area contributed by atoms with Crippen LogP contribution in [0.4, 0.5) is 11.5 Å². The normalized spacial score (nSPS) is 11.2. The first-order chi connectivity index (χ1) is 14.4. The summed E-state index contributed by atoms with van der Waals surface area (Å²) < 4.78 is 7.67. The number of benzene rings is 2. The number of aromatic nitrogens is 5. The standard InChI is InChI=1S/C19H17ClN6O4/c1-3-30-18(27)10-24-15-7-5-13(9-14(15)22-23-24)21-19-11(2)25(28)16-6-4-12(20)8-17(16)26(19)29/h4-9,21H,3,10H2,1-2H3. The summed E-state index contributed by atoms with van der Waals surface area (Å²) in [4.78, 5) is 11.7. The average Bonchev–Trinajstić information content (AvgIpc) is 3.11. The van der Waals surface area contributed by atoms with Crippen LogP contribution < -0.4 is 14.8 Å². The number of rotatable bonds is 5. The predicted octanol–water partition coefficient (Wildman–Crippen LogP) is 2.12. The van der Waals surface area contributed by atoms with Crippen molar-refractivity contribution in [2.75, 3.05) is 11.9 Å². The van der Waals surface area contributed by atoms with Crippen molar-refractivity contribution >= 4 is 51.1 Å². The number of esters is 1. The van der Waals surface area contributed by atoms with Crippen molar-refractivity contribution in [1.82, 2.24) is 15.0 Å². The maximum atomic E-state index is 12.9. The van der Waals surface area contributed by atoms with Gasteiger partial charge in [0.1, 0.15) is 17.7 Å². The number of carbonyl (C=O) groups excluding carboxylic acids is 1. The van der Waals surface area contributed by atoms with E-state index in [0.29, 0.717) is 31.2 Å². The third kappa shape index (κ3) is 3.41. The molecule has 0 unspecified atom stereocenters. The van der Waals surface area contributed by atoms with Crippen LogP contribution in [0.3, 0.4) is 0 Å². The molecule has 0 amide bonds. The number of ether oxygens (including phenoxy) is 1. The number of nitrogens with one attached hydrogen (secondary N) is 1. The minimum atomic E-state index is -0.413. The molecule has 0 aliphatic carbocycles. The zero-order chi connectivity index (χ0) is 21.4. The summed E-state index contributed by atoms with van der Waals surface area (Å²) in [6, 6.07) is 9.57. The average molecular weight is 429 g/mol. The molecular weight excluding hydrogens is 412 g/mol. The van der Waals surface area contributed by atoms with Crippen LogP contribution in [0.2, 0.25) is 5.02 Å². The Bertz CT molecular complexity index is 1290. The second kappa shape index (κ2) is 7.64. The lowest BCUT2D eigenvalue weighted by atomic mass is 10.2. The van der Waals surface area contributed by atoms with Gasteiger partial charge in [0.15, 0.2) is 0 Å². The van der Waals surface area contributed by atoms with Gasteiger partial charge >= 0.3 is 11.8 Å². The predicted molar refractivity (Wildman–Crippen MR) is 109 cm³/mol. The van der Waals surface area contributed by atoms with Gasteiger partial charge in [-0.15, -0.1) is 5.10 Å². The number of halogens is 1. The van der Waals surface area contributed by atoms with Gasteiger partial charge < -0.3 is 15.2 Å². The SMILES string of the molecule is CCOC(=O)Cn1nnc2cc(Nc3c(C)[n+]([O-])c4ccc(Cl)cc4[n+]3[O-])ccc21. The molecule has 0 fully saturated rings. The Morgan fingerprint density at radius 2 is 2.00 bits per heavy atom. The van der Waals surface area contributed by atoms with Gasteiger partial charge in [-0.1, -0.05) is 16.8 Å². The van der Waals surface area contributed by atoms with Crippen LogP contribution in [-0.2, 0) is 16.1 Å². The second-order valence-corrected chi connectivity index (χ2v) is 6.97. The summed E-state index contributed by atoms with van der Waals surface area (Å²) >= 11 is 5.98. The van der Waals surface area contributed by atoms with Gasteiger partial charge in [-0.2, -0.15) is 4.73 Å². The molecule has 2 aromatic carbocycles. The van der Waals surface area contributed by atoms with E-state index in [1.807, 2.05) is 0 Å². The Morgan fingerprint density at radius 1 is 1.20 bits per heavy atom. The van der Waals surface area contributed by atoms with E-state index in [9.17, 15) is 15.2 Å². The molecule has 2 heterocycles. The number of fused-ring (bicyclic) bond motifs is 2. The number of anilines is 2. The van der Waals surface area contributed by atoms with Crippen LogP contribution in [0.5, 0.6) is 0 Å². The number of hydrogen-bond acceptors (Lipinski definition) is 7. The Morgan fingerprint density at radius 3 is 2.77 bits per heavy atom. The van der Waals surface area contributed by atoms with Gasteiger partial charge in [-0.25, -0.2) is 14.7 Å². The number of nitrogens with zero attached hydrogens (tertiary/aromatic N) is 5. The molecule has 0 radical (unpaired) electrons. The summed E-state index contributed by atoms with van der Waals surface area (Å²) in [7, 11) is 0. The summed E-state index contributed by atoms with van der Waals surface area (Å²) in [6.45, 7) is 3.50. The second-order valence-electron chi connectivity index (χ2n) is 6.54. The molecule has 0 aliphatic heterocycles. The van der Waals surface area contributed by atoms with E-state index in [4.69, 9.17) is 16.3 Å². The lowest BCUT2D eigenvalue weighted by Crippen LogP contribution is -2.43. The fraction of sp³-hybridized carbons (Fsp3) is 0.211. The van der Waals surface area contributed by atoms with Crippen LogP contribution in [0, 0.1) is 17.3 Å². The molecule has 0 atom stereocenters. The quantitative estimate of drug-likeness (QED) is 0.293. The van der Waals surface area contributed by atoms with Gasteiger partial charge in [0.05, 0.1) is 12.1 Å². The fourth-order valence-electron chi connectivity index (χ4n) is 3.15. The fourth-order valence-corrected chi connectivity index (χ4v) is 3.32. The largest absolute Gasteiger partial charge is 0.710 e. The van der Waals surface area contributed by atoms with Gasteiger partial charge in [-0.3, -0.25) is 4.79 Å². The molecule has 0 saturated heterocycles. The van der Waals surface area contributed by atoms with Crippen molar-refractivity contribution in [3.05, 3.63) is 57.5 Å². The Balaban J connectivity index is 1.71. The molecule has 10 nitrogen and oxygen atoms in total. The first kappa shape index (κ1) is 19.6. The highest BCUT2D eigenvalue weighted by atomic mass is 35.5. The van der Waals surface area contributed by atoms with Crippen molar-refractivity contribution in [1.29, 1.82) is 0 Å². The van der Waals surface area contributed by atoms with E-state index in [1.165, 1.54) is 16.8 Å². The molecule has 4 rings (SSSR count). The molecule has 1 N–H and O–H groups in total. The smallest absolute Gasteiger partial charge is 0.352 e. The molecule has 11 heteroatoms. The van der Waals surface area contributed by atoms with Crippen molar-refractivity contribution in [2.45, 2.75) is 20.4 Å². The van der Waals surface area contributed by atoms with Crippen molar-refractivity contribution in [2.24, 2.45) is 0 Å². The van der Waals surface area contributed by atoms with Gasteiger partial charge in [0, 0.05) is 30.1 Å². The zero-order valence-corrected chi connectivity index (χ0v) is 16.9. The van der Waals surface area contributed by atoms with Gasteiger partial charge in [-0.05, 0) is 25.1 Å². The molecule has 154 valence electrons. The maximum absolute atomic E-state index is 12.9. The molecule has 0 saturated carbocycles. The van der Waals surface area contributed by atoms with E-state index in [2.05, 4.69) is 15.6 Å². The Hall–Kier alpha value is -3.66. The molecular formula is C19H17ClN6O4. The minimum Gasteiger partial charge on any atom is -0.710 e.